The Bertz CT molecular complexity index is 1190. The number of hydrogen-bond donors (Lipinski definition) is 0. The number of carbonyl (C=O) groups excluding carboxylic acids is 1. The highest BCUT2D eigenvalue weighted by atomic mass is 32.2. The number of imidazole rings is 1. The van der Waals surface area contributed by atoms with E-state index in [0.717, 1.165) is 38.3 Å². The Morgan fingerprint density at radius 2 is 1.86 bits per heavy atom. The molecule has 0 saturated heterocycles. The van der Waals surface area contributed by atoms with Gasteiger partial charge in [-0.2, -0.15) is 0 Å². The Morgan fingerprint density at radius 1 is 1.10 bits per heavy atom. The molecule has 0 atom stereocenters. The van der Waals surface area contributed by atoms with Gasteiger partial charge in [0.25, 0.3) is 0 Å². The summed E-state index contributed by atoms with van der Waals surface area (Å²) in [5, 5.41) is 3.12. The number of rotatable bonds is 6. The molecule has 0 spiro atoms. The molecule has 6 heteroatoms. The number of amides is 1. The van der Waals surface area contributed by atoms with Crippen LogP contribution in [0.15, 0.2) is 65.8 Å². The number of hydrogen-bond acceptors (Lipinski definition) is 4. The van der Waals surface area contributed by atoms with Crippen molar-refractivity contribution < 1.29 is 9.53 Å². The van der Waals surface area contributed by atoms with Gasteiger partial charge in [-0.25, -0.2) is 4.98 Å². The number of benzene rings is 3. The van der Waals surface area contributed by atoms with E-state index < -0.39 is 0 Å². The number of carbonyl (C=O) groups is 1. The zero-order valence-electron chi connectivity index (χ0n) is 16.8. The molecule has 0 saturated carbocycles. The molecular formula is C23H23N3O2S. The molecule has 3 aromatic carbocycles. The monoisotopic (exact) mass is 405 g/mol. The van der Waals surface area contributed by atoms with Gasteiger partial charge in [-0.05, 0) is 46.7 Å². The van der Waals surface area contributed by atoms with Crippen molar-refractivity contribution in [1.82, 2.24) is 14.5 Å². The lowest BCUT2D eigenvalue weighted by atomic mass is 10.1. The number of methoxy groups -OCH3 is 1. The van der Waals surface area contributed by atoms with E-state index in [9.17, 15) is 4.79 Å². The van der Waals surface area contributed by atoms with Gasteiger partial charge >= 0.3 is 0 Å². The summed E-state index contributed by atoms with van der Waals surface area (Å²) in [6.45, 7) is 0.573. The van der Waals surface area contributed by atoms with Crippen molar-refractivity contribution in [1.29, 1.82) is 0 Å². The van der Waals surface area contributed by atoms with Crippen LogP contribution in [0.25, 0.3) is 21.8 Å². The molecule has 5 nitrogen and oxygen atoms in total. The topological polar surface area (TPSA) is 47.4 Å². The molecule has 1 heterocycles. The van der Waals surface area contributed by atoms with E-state index in [1.165, 1.54) is 11.8 Å². The minimum Gasteiger partial charge on any atom is -0.497 e. The summed E-state index contributed by atoms with van der Waals surface area (Å²) in [6.07, 6.45) is 0. The summed E-state index contributed by atoms with van der Waals surface area (Å²) < 4.78 is 7.31. The van der Waals surface area contributed by atoms with Crippen LogP contribution < -0.4 is 4.74 Å². The summed E-state index contributed by atoms with van der Waals surface area (Å²) in [4.78, 5) is 19.0. The van der Waals surface area contributed by atoms with Crippen LogP contribution in [0.4, 0.5) is 0 Å². The number of nitrogens with zero attached hydrogens (tertiary/aromatic N) is 3. The van der Waals surface area contributed by atoms with Gasteiger partial charge in [0.15, 0.2) is 5.16 Å². The van der Waals surface area contributed by atoms with Crippen LogP contribution in [0, 0.1) is 0 Å². The third-order valence-electron chi connectivity index (χ3n) is 5.03. The van der Waals surface area contributed by atoms with Crippen molar-refractivity contribution in [3.8, 4) is 5.75 Å². The van der Waals surface area contributed by atoms with Crippen LogP contribution in [-0.2, 0) is 18.4 Å². The third-order valence-corrected chi connectivity index (χ3v) is 6.04. The second kappa shape index (κ2) is 8.17. The molecule has 0 unspecified atom stereocenters. The van der Waals surface area contributed by atoms with Crippen LogP contribution in [0.2, 0.25) is 0 Å². The molecule has 0 aliphatic carbocycles. The second-order valence-electron chi connectivity index (χ2n) is 7.03. The molecule has 4 rings (SSSR count). The quantitative estimate of drug-likeness (QED) is 0.444. The molecule has 0 aliphatic heterocycles. The van der Waals surface area contributed by atoms with Gasteiger partial charge in [0, 0.05) is 20.6 Å². The average molecular weight is 406 g/mol. The normalized spacial score (nSPS) is 11.1. The predicted octanol–water partition coefficient (Wildman–Crippen LogP) is 4.49. The Hall–Kier alpha value is -2.99. The largest absolute Gasteiger partial charge is 0.497 e. The highest BCUT2D eigenvalue weighted by molar-refractivity contribution is 7.99. The summed E-state index contributed by atoms with van der Waals surface area (Å²) in [5.74, 6) is 1.28. The van der Waals surface area contributed by atoms with E-state index in [0.29, 0.717) is 12.3 Å². The van der Waals surface area contributed by atoms with Gasteiger partial charge in [-0.1, -0.05) is 42.1 Å². The molecule has 0 aliphatic rings. The zero-order valence-corrected chi connectivity index (χ0v) is 17.6. The van der Waals surface area contributed by atoms with Crippen molar-refractivity contribution in [2.24, 2.45) is 7.05 Å². The van der Waals surface area contributed by atoms with Gasteiger partial charge in [0.05, 0.1) is 23.9 Å². The van der Waals surface area contributed by atoms with Crippen LogP contribution in [0.3, 0.4) is 0 Å². The Kier molecular flexibility index (Phi) is 5.45. The summed E-state index contributed by atoms with van der Waals surface area (Å²) in [6, 6.07) is 20.3. The maximum atomic E-state index is 12.6. The lowest BCUT2D eigenvalue weighted by molar-refractivity contribution is -0.127. The fraction of sp³-hybridized carbons (Fsp3) is 0.217. The number of para-hydroxylation sites is 2. The lowest BCUT2D eigenvalue weighted by Crippen LogP contribution is -2.27. The first-order valence-electron chi connectivity index (χ1n) is 9.40. The van der Waals surface area contributed by atoms with Crippen LogP contribution in [-0.4, -0.2) is 40.3 Å². The van der Waals surface area contributed by atoms with Crippen molar-refractivity contribution in [3.63, 3.8) is 0 Å². The number of aryl methyl sites for hydroxylation is 1. The smallest absolute Gasteiger partial charge is 0.233 e. The molecular weight excluding hydrogens is 382 g/mol. The fourth-order valence-corrected chi connectivity index (χ4v) is 4.28. The molecule has 1 amide bonds. The summed E-state index contributed by atoms with van der Waals surface area (Å²) >= 11 is 1.47. The van der Waals surface area contributed by atoms with Crippen molar-refractivity contribution in [2.45, 2.75) is 11.7 Å². The van der Waals surface area contributed by atoms with Crippen LogP contribution >= 0.6 is 11.8 Å². The molecule has 148 valence electrons. The Balaban J connectivity index is 1.41. The van der Waals surface area contributed by atoms with E-state index in [-0.39, 0.29) is 5.91 Å². The minimum atomic E-state index is 0.0804. The fourth-order valence-electron chi connectivity index (χ4n) is 3.35. The molecule has 0 fully saturated rings. The van der Waals surface area contributed by atoms with E-state index in [1.807, 2.05) is 61.1 Å². The van der Waals surface area contributed by atoms with Crippen LogP contribution in [0.1, 0.15) is 5.56 Å². The molecule has 4 aromatic rings. The minimum absolute atomic E-state index is 0.0804. The number of fused-ring (bicyclic) bond motifs is 2. The van der Waals surface area contributed by atoms with E-state index in [1.54, 1.807) is 12.0 Å². The molecule has 1 aromatic heterocycles. The van der Waals surface area contributed by atoms with Gasteiger partial charge < -0.3 is 14.2 Å². The number of aromatic nitrogens is 2. The molecule has 0 radical (unpaired) electrons. The second-order valence-corrected chi connectivity index (χ2v) is 7.97. The summed E-state index contributed by atoms with van der Waals surface area (Å²) in [7, 11) is 5.49. The maximum absolute atomic E-state index is 12.6. The Labute approximate surface area is 174 Å². The maximum Gasteiger partial charge on any atom is 0.233 e. The highest BCUT2D eigenvalue weighted by Crippen LogP contribution is 2.24. The predicted molar refractivity (Wildman–Crippen MR) is 118 cm³/mol. The summed E-state index contributed by atoms with van der Waals surface area (Å²) in [5.41, 5.74) is 3.13. The van der Waals surface area contributed by atoms with Crippen molar-refractivity contribution in [2.75, 3.05) is 19.9 Å². The first-order valence-corrected chi connectivity index (χ1v) is 10.4. The number of thioether (sulfide) groups is 1. The van der Waals surface area contributed by atoms with Gasteiger partial charge in [0.1, 0.15) is 5.75 Å². The molecule has 0 bridgehead atoms. The standard InChI is InChI=1S/C23H23N3O2S/c1-25(14-16-8-9-18-13-19(28-3)11-10-17(18)12-16)22(27)15-29-23-24-20-6-4-5-7-21(20)26(23)2/h4-13H,14-15H2,1-3H3. The first kappa shape index (κ1) is 19.3. The average Bonchev–Trinajstić information content (AvgIpc) is 3.07. The lowest BCUT2D eigenvalue weighted by Gasteiger charge is -2.17. The van der Waals surface area contributed by atoms with Crippen LogP contribution in [0.5, 0.6) is 5.75 Å². The number of ether oxygens (including phenoxy) is 1. The van der Waals surface area contributed by atoms with Crippen molar-refractivity contribution in [3.05, 3.63) is 66.2 Å². The van der Waals surface area contributed by atoms with Gasteiger partial charge in [-0.3, -0.25) is 4.79 Å². The van der Waals surface area contributed by atoms with E-state index in [2.05, 4.69) is 23.2 Å². The van der Waals surface area contributed by atoms with Gasteiger partial charge in [-0.15, -0.1) is 0 Å². The highest BCUT2D eigenvalue weighted by Gasteiger charge is 2.14. The van der Waals surface area contributed by atoms with E-state index >= 15 is 0 Å². The Morgan fingerprint density at radius 3 is 2.66 bits per heavy atom. The van der Waals surface area contributed by atoms with Crippen molar-refractivity contribution >= 4 is 39.5 Å². The van der Waals surface area contributed by atoms with E-state index in [4.69, 9.17) is 4.74 Å². The van der Waals surface area contributed by atoms with Gasteiger partial charge in [0.2, 0.25) is 5.91 Å². The first-order chi connectivity index (χ1) is 14.0. The molecule has 0 N–H and O–H groups in total. The zero-order chi connectivity index (χ0) is 20.4. The third kappa shape index (κ3) is 4.07. The SMILES string of the molecule is COc1ccc2cc(CN(C)C(=O)CSc3nc4ccccc4n3C)ccc2c1. The molecule has 29 heavy (non-hydrogen) atoms.